The van der Waals surface area contributed by atoms with Crippen LogP contribution in [0, 0.1) is 6.92 Å². The van der Waals surface area contributed by atoms with Gasteiger partial charge in [-0.2, -0.15) is 0 Å². The number of hydrogen-bond donors (Lipinski definition) is 2. The third-order valence-corrected chi connectivity index (χ3v) is 6.24. The molecule has 0 atom stereocenters. The molecule has 0 radical (unpaired) electrons. The number of aromatic amines is 1. The molecular weight excluding hydrogens is 378 g/mol. The highest BCUT2D eigenvalue weighted by molar-refractivity contribution is 5.96. The first kappa shape index (κ1) is 18.7. The minimum absolute atomic E-state index is 0.0143. The molecule has 7 nitrogen and oxygen atoms in total. The highest BCUT2D eigenvalue weighted by Crippen LogP contribution is 2.38. The van der Waals surface area contributed by atoms with Crippen molar-refractivity contribution in [3.05, 3.63) is 65.9 Å². The summed E-state index contributed by atoms with van der Waals surface area (Å²) in [7, 11) is 0. The number of benzene rings is 1. The van der Waals surface area contributed by atoms with Gasteiger partial charge in [0.25, 0.3) is 5.91 Å². The SMILES string of the molecule is Cc1nc2nccc(C3(CO)CCN(C(=O)c4cc5ccccc5cn4)CC3)c2[nH]1. The van der Waals surface area contributed by atoms with Crippen LogP contribution in [-0.4, -0.2) is 55.5 Å². The molecule has 0 aliphatic carbocycles. The van der Waals surface area contributed by atoms with Crippen molar-refractivity contribution in [3.8, 4) is 0 Å². The average Bonchev–Trinajstić information content (AvgIpc) is 3.18. The van der Waals surface area contributed by atoms with E-state index in [2.05, 4.69) is 19.9 Å². The van der Waals surface area contributed by atoms with E-state index in [0.717, 1.165) is 27.7 Å². The van der Waals surface area contributed by atoms with E-state index in [1.165, 1.54) is 0 Å². The Morgan fingerprint density at radius 1 is 1.17 bits per heavy atom. The maximum Gasteiger partial charge on any atom is 0.272 e. The van der Waals surface area contributed by atoms with Gasteiger partial charge in [-0.25, -0.2) is 9.97 Å². The standard InChI is InChI=1S/C23H23N5O2/c1-15-26-20-18(6-9-24-21(20)27-15)23(14-29)7-10-28(11-8-23)22(30)19-12-16-4-2-3-5-17(16)13-25-19/h2-6,9,12-13,29H,7-8,10-11,14H2,1H3,(H,24,26,27). The lowest BCUT2D eigenvalue weighted by atomic mass is 9.73. The number of carbonyl (C=O) groups is 1. The highest BCUT2D eigenvalue weighted by atomic mass is 16.3. The Morgan fingerprint density at radius 2 is 1.93 bits per heavy atom. The predicted octanol–water partition coefficient (Wildman–Crippen LogP) is 2.98. The molecule has 1 amide bonds. The van der Waals surface area contributed by atoms with Crippen LogP contribution in [0.2, 0.25) is 0 Å². The van der Waals surface area contributed by atoms with Gasteiger partial charge >= 0.3 is 0 Å². The molecule has 2 N–H and O–H groups in total. The molecular formula is C23H23N5O2. The van der Waals surface area contributed by atoms with Gasteiger partial charge in [-0.3, -0.25) is 9.78 Å². The van der Waals surface area contributed by atoms with Gasteiger partial charge in [0.1, 0.15) is 11.5 Å². The first-order valence-corrected chi connectivity index (χ1v) is 10.2. The molecule has 4 heterocycles. The Kier molecular flexibility index (Phi) is 4.47. The Hall–Kier alpha value is -3.32. The molecule has 0 spiro atoms. The molecule has 3 aromatic heterocycles. The van der Waals surface area contributed by atoms with Crippen molar-refractivity contribution in [2.24, 2.45) is 0 Å². The van der Waals surface area contributed by atoms with E-state index in [1.54, 1.807) is 12.4 Å². The van der Waals surface area contributed by atoms with Gasteiger partial charge < -0.3 is 15.0 Å². The fraction of sp³-hybridized carbons (Fsp3) is 0.304. The number of piperidine rings is 1. The summed E-state index contributed by atoms with van der Waals surface area (Å²) in [5, 5.41) is 12.4. The van der Waals surface area contributed by atoms with Crippen molar-refractivity contribution < 1.29 is 9.90 Å². The molecule has 1 aliphatic rings. The number of imidazole rings is 1. The number of aromatic nitrogens is 4. The number of H-pyrrole nitrogens is 1. The number of amides is 1. The lowest BCUT2D eigenvalue weighted by Gasteiger charge is -2.41. The molecule has 0 unspecified atom stereocenters. The van der Waals surface area contributed by atoms with Crippen LogP contribution in [-0.2, 0) is 5.41 Å². The van der Waals surface area contributed by atoms with Crippen LogP contribution in [0.4, 0.5) is 0 Å². The number of rotatable bonds is 3. The van der Waals surface area contributed by atoms with Gasteiger partial charge in [-0.1, -0.05) is 24.3 Å². The number of aliphatic hydroxyl groups excluding tert-OH is 1. The quantitative estimate of drug-likeness (QED) is 0.550. The van der Waals surface area contributed by atoms with E-state index in [1.807, 2.05) is 48.2 Å². The number of likely N-dealkylation sites (tertiary alicyclic amines) is 1. The topological polar surface area (TPSA) is 95.0 Å². The van der Waals surface area contributed by atoms with Crippen molar-refractivity contribution in [2.75, 3.05) is 19.7 Å². The normalized spacial score (nSPS) is 16.3. The molecule has 30 heavy (non-hydrogen) atoms. The van der Waals surface area contributed by atoms with Gasteiger partial charge in [0, 0.05) is 36.3 Å². The molecule has 0 bridgehead atoms. The molecule has 152 valence electrons. The van der Waals surface area contributed by atoms with E-state index < -0.39 is 5.41 Å². The minimum atomic E-state index is -0.423. The zero-order chi connectivity index (χ0) is 20.7. The Balaban J connectivity index is 1.40. The molecule has 5 rings (SSSR count). The van der Waals surface area contributed by atoms with Gasteiger partial charge in [0.05, 0.1) is 12.1 Å². The van der Waals surface area contributed by atoms with Gasteiger partial charge in [-0.05, 0) is 42.8 Å². The number of hydrogen-bond acceptors (Lipinski definition) is 5. The van der Waals surface area contributed by atoms with Crippen LogP contribution in [0.15, 0.2) is 48.8 Å². The third kappa shape index (κ3) is 3.02. The molecule has 0 saturated carbocycles. The van der Waals surface area contributed by atoms with Gasteiger partial charge in [-0.15, -0.1) is 0 Å². The van der Waals surface area contributed by atoms with Crippen molar-refractivity contribution in [2.45, 2.75) is 25.2 Å². The minimum Gasteiger partial charge on any atom is -0.395 e. The molecule has 1 aliphatic heterocycles. The first-order chi connectivity index (χ1) is 14.6. The lowest BCUT2D eigenvalue weighted by Crippen LogP contribution is -2.47. The van der Waals surface area contributed by atoms with E-state index in [4.69, 9.17) is 0 Å². The van der Waals surface area contributed by atoms with Crippen molar-refractivity contribution >= 4 is 27.8 Å². The zero-order valence-electron chi connectivity index (χ0n) is 16.8. The number of nitrogens with zero attached hydrogens (tertiary/aromatic N) is 4. The highest BCUT2D eigenvalue weighted by Gasteiger charge is 2.39. The maximum atomic E-state index is 13.1. The second-order valence-electron chi connectivity index (χ2n) is 8.03. The number of aliphatic hydroxyl groups is 1. The maximum absolute atomic E-state index is 13.1. The Morgan fingerprint density at radius 3 is 2.70 bits per heavy atom. The van der Waals surface area contributed by atoms with Crippen LogP contribution >= 0.6 is 0 Å². The summed E-state index contributed by atoms with van der Waals surface area (Å²) in [4.78, 5) is 31.3. The summed E-state index contributed by atoms with van der Waals surface area (Å²) >= 11 is 0. The third-order valence-electron chi connectivity index (χ3n) is 6.24. The monoisotopic (exact) mass is 401 g/mol. The van der Waals surface area contributed by atoms with Crippen LogP contribution < -0.4 is 0 Å². The number of pyridine rings is 2. The Labute approximate surface area is 173 Å². The fourth-order valence-corrected chi connectivity index (χ4v) is 4.48. The fourth-order valence-electron chi connectivity index (χ4n) is 4.48. The summed E-state index contributed by atoms with van der Waals surface area (Å²) in [5.41, 5.74) is 2.59. The second-order valence-corrected chi connectivity index (χ2v) is 8.03. The first-order valence-electron chi connectivity index (χ1n) is 10.2. The van der Waals surface area contributed by atoms with Crippen LogP contribution in [0.25, 0.3) is 21.9 Å². The summed E-state index contributed by atoms with van der Waals surface area (Å²) in [6.07, 6.45) is 4.82. The van der Waals surface area contributed by atoms with Gasteiger partial charge in [0.15, 0.2) is 5.65 Å². The van der Waals surface area contributed by atoms with Crippen molar-refractivity contribution in [3.63, 3.8) is 0 Å². The molecule has 7 heteroatoms. The van der Waals surface area contributed by atoms with Crippen molar-refractivity contribution in [1.29, 1.82) is 0 Å². The molecule has 1 saturated heterocycles. The number of nitrogens with one attached hydrogen (secondary N) is 1. The van der Waals surface area contributed by atoms with E-state index in [9.17, 15) is 9.90 Å². The van der Waals surface area contributed by atoms with Crippen molar-refractivity contribution in [1.82, 2.24) is 24.8 Å². The second kappa shape index (κ2) is 7.18. The van der Waals surface area contributed by atoms with Crippen LogP contribution in [0.5, 0.6) is 0 Å². The Bertz CT molecular complexity index is 1240. The van der Waals surface area contributed by atoms with Crippen LogP contribution in [0.1, 0.15) is 34.7 Å². The van der Waals surface area contributed by atoms with E-state index in [-0.39, 0.29) is 12.5 Å². The summed E-state index contributed by atoms with van der Waals surface area (Å²) < 4.78 is 0. The number of carbonyl (C=O) groups excluding carboxylic acids is 1. The summed E-state index contributed by atoms with van der Waals surface area (Å²) in [6, 6.07) is 11.7. The average molecular weight is 401 g/mol. The predicted molar refractivity (Wildman–Crippen MR) is 114 cm³/mol. The lowest BCUT2D eigenvalue weighted by molar-refractivity contribution is 0.0590. The number of fused-ring (bicyclic) bond motifs is 2. The molecule has 4 aromatic rings. The smallest absolute Gasteiger partial charge is 0.272 e. The van der Waals surface area contributed by atoms with Gasteiger partial charge in [0.2, 0.25) is 0 Å². The largest absolute Gasteiger partial charge is 0.395 e. The summed E-state index contributed by atoms with van der Waals surface area (Å²) in [6.45, 7) is 3.03. The van der Waals surface area contributed by atoms with E-state index in [0.29, 0.717) is 37.3 Å². The zero-order valence-corrected chi connectivity index (χ0v) is 16.8. The van der Waals surface area contributed by atoms with E-state index >= 15 is 0 Å². The molecule has 1 aromatic carbocycles. The van der Waals surface area contributed by atoms with Crippen LogP contribution in [0.3, 0.4) is 0 Å². The molecule has 1 fully saturated rings. The summed E-state index contributed by atoms with van der Waals surface area (Å²) in [5.74, 6) is 0.734. The number of aryl methyl sites for hydroxylation is 1.